The molecule has 1 nitrogen and oxygen atoms in total. The molecule has 1 aliphatic rings. The van der Waals surface area contributed by atoms with Crippen LogP contribution in [0.1, 0.15) is 20.8 Å². The van der Waals surface area contributed by atoms with Crippen molar-refractivity contribution in [2.45, 2.75) is 33.1 Å². The van der Waals surface area contributed by atoms with Crippen LogP contribution in [0, 0.1) is 0 Å². The Morgan fingerprint density at radius 2 is 2.09 bits per heavy atom. The molecule has 0 N–H and O–H groups in total. The SMILES string of the molecule is CB1[C]([Zr])=CCN1C(C)(C)C. The zero-order valence-corrected chi connectivity index (χ0v) is 10.3. The van der Waals surface area contributed by atoms with Crippen LogP contribution in [0.25, 0.3) is 0 Å². The first-order valence-electron chi connectivity index (χ1n) is 4.11. The Hall–Kier alpha value is 0.648. The second-order valence-electron chi connectivity index (χ2n) is 4.16. The van der Waals surface area contributed by atoms with E-state index >= 15 is 0 Å². The predicted molar refractivity (Wildman–Crippen MR) is 46.2 cm³/mol. The molecule has 0 aromatic carbocycles. The van der Waals surface area contributed by atoms with Crippen LogP contribution in [0.4, 0.5) is 0 Å². The quantitative estimate of drug-likeness (QED) is 0.569. The van der Waals surface area contributed by atoms with Gasteiger partial charge in [-0.3, -0.25) is 0 Å². The number of rotatable bonds is 0. The molecule has 1 aliphatic heterocycles. The van der Waals surface area contributed by atoms with Gasteiger partial charge in [0.25, 0.3) is 0 Å². The minimum absolute atomic E-state index is 0.328. The molecule has 1 rings (SSSR count). The molecule has 11 heavy (non-hydrogen) atoms. The molecule has 0 amide bonds. The van der Waals surface area contributed by atoms with Crippen molar-refractivity contribution < 1.29 is 24.7 Å². The monoisotopic (exact) mass is 226 g/mol. The van der Waals surface area contributed by atoms with Gasteiger partial charge in [-0.15, -0.1) is 0 Å². The zero-order chi connectivity index (χ0) is 8.65. The van der Waals surface area contributed by atoms with E-state index < -0.39 is 0 Å². The first kappa shape index (κ1) is 9.73. The minimum atomic E-state index is 0.328. The molecule has 3 heteroatoms. The Morgan fingerprint density at radius 1 is 1.55 bits per heavy atom. The van der Waals surface area contributed by atoms with Crippen molar-refractivity contribution >= 4 is 6.85 Å². The third-order valence-electron chi connectivity index (χ3n) is 2.29. The van der Waals surface area contributed by atoms with Crippen molar-refractivity contribution in [1.29, 1.82) is 0 Å². The van der Waals surface area contributed by atoms with Gasteiger partial charge in [0.05, 0.1) is 0 Å². The molecule has 0 saturated heterocycles. The number of hydrogen-bond acceptors (Lipinski definition) is 1. The van der Waals surface area contributed by atoms with Gasteiger partial charge in [-0.05, 0) is 0 Å². The summed E-state index contributed by atoms with van der Waals surface area (Å²) in [6.45, 7) is 11.0. The van der Waals surface area contributed by atoms with Gasteiger partial charge in [-0.25, -0.2) is 0 Å². The van der Waals surface area contributed by atoms with Crippen LogP contribution >= 0.6 is 0 Å². The molecule has 0 aliphatic carbocycles. The fourth-order valence-electron chi connectivity index (χ4n) is 1.55. The second-order valence-corrected chi connectivity index (χ2v) is 5.58. The molecular weight excluding hydrogens is 212 g/mol. The van der Waals surface area contributed by atoms with E-state index in [4.69, 9.17) is 0 Å². The first-order chi connectivity index (χ1) is 4.93. The van der Waals surface area contributed by atoms with Crippen LogP contribution < -0.4 is 0 Å². The van der Waals surface area contributed by atoms with Gasteiger partial charge in [0, 0.05) is 0 Å². The summed E-state index contributed by atoms with van der Waals surface area (Å²) in [5.74, 6) is 0. The van der Waals surface area contributed by atoms with E-state index in [9.17, 15) is 0 Å². The summed E-state index contributed by atoms with van der Waals surface area (Å²) in [4.78, 5) is 2.54. The zero-order valence-electron chi connectivity index (χ0n) is 7.81. The Balaban J connectivity index is 2.68. The molecule has 0 fully saturated rings. The molecule has 0 saturated carbocycles. The summed E-state index contributed by atoms with van der Waals surface area (Å²) < 4.78 is 1.60. The molecular formula is C8H15BNZr. The van der Waals surface area contributed by atoms with Crippen molar-refractivity contribution in [1.82, 2.24) is 4.81 Å². The van der Waals surface area contributed by atoms with Gasteiger partial charge >= 0.3 is 85.3 Å². The van der Waals surface area contributed by atoms with E-state index in [1.54, 1.807) is 27.9 Å². The second kappa shape index (κ2) is 3.18. The summed E-state index contributed by atoms with van der Waals surface area (Å²) in [7, 11) is 0. The molecule has 0 atom stereocenters. The molecule has 0 radical (unpaired) electrons. The normalized spacial score (nSPS) is 20.6. The summed E-state index contributed by atoms with van der Waals surface area (Å²) in [5.41, 5.74) is 0.328. The standard InChI is InChI=1S/C8H15BN.Zr/c1-8(2,3)10-7-5-6-9(10)4;/h5H,7H2,1-4H3;. The molecule has 0 aromatic rings. The van der Waals surface area contributed by atoms with Gasteiger partial charge in [-0.2, -0.15) is 0 Å². The Morgan fingerprint density at radius 3 is 2.27 bits per heavy atom. The maximum atomic E-state index is 2.54. The predicted octanol–water partition coefficient (Wildman–Crippen LogP) is 1.69. The van der Waals surface area contributed by atoms with E-state index in [0.717, 1.165) is 6.54 Å². The van der Waals surface area contributed by atoms with Crippen LogP contribution in [0.15, 0.2) is 9.26 Å². The molecule has 0 spiro atoms. The van der Waals surface area contributed by atoms with Gasteiger partial charge < -0.3 is 0 Å². The topological polar surface area (TPSA) is 3.24 Å². The van der Waals surface area contributed by atoms with E-state index in [1.807, 2.05) is 0 Å². The molecule has 0 bridgehead atoms. The van der Waals surface area contributed by atoms with Crippen LogP contribution in [0.5, 0.6) is 0 Å². The van der Waals surface area contributed by atoms with E-state index in [2.05, 4.69) is 38.5 Å². The van der Waals surface area contributed by atoms with Crippen LogP contribution in [-0.2, 0) is 24.7 Å². The maximum absolute atomic E-state index is 2.54. The number of hydrogen-bond donors (Lipinski definition) is 0. The molecule has 0 unspecified atom stereocenters. The van der Waals surface area contributed by atoms with Crippen LogP contribution in [0.2, 0.25) is 6.82 Å². The third kappa shape index (κ3) is 2.06. The van der Waals surface area contributed by atoms with E-state index in [1.165, 1.54) is 0 Å². The van der Waals surface area contributed by atoms with Crippen molar-refractivity contribution in [3.63, 3.8) is 0 Å². The Kier molecular flexibility index (Phi) is 2.82. The van der Waals surface area contributed by atoms with Crippen molar-refractivity contribution in [3.05, 3.63) is 9.26 Å². The van der Waals surface area contributed by atoms with Crippen LogP contribution in [-0.4, -0.2) is 23.7 Å². The average molecular weight is 227 g/mol. The Labute approximate surface area is 85.2 Å². The van der Waals surface area contributed by atoms with Gasteiger partial charge in [0.15, 0.2) is 0 Å². The van der Waals surface area contributed by atoms with Crippen LogP contribution in [0.3, 0.4) is 0 Å². The fraction of sp³-hybridized carbons (Fsp3) is 0.750. The number of nitrogens with zero attached hydrogens (tertiary/aromatic N) is 1. The molecule has 59 valence electrons. The Bertz CT molecular complexity index is 183. The average Bonchev–Trinajstić information content (AvgIpc) is 2.11. The van der Waals surface area contributed by atoms with Gasteiger partial charge in [0.2, 0.25) is 0 Å². The summed E-state index contributed by atoms with van der Waals surface area (Å²) in [5, 5.41) is 0. The van der Waals surface area contributed by atoms with Gasteiger partial charge in [-0.1, -0.05) is 0 Å². The molecule has 1 heterocycles. The summed E-state index contributed by atoms with van der Waals surface area (Å²) >= 11 is 1.58. The first-order valence-corrected chi connectivity index (χ1v) is 5.34. The van der Waals surface area contributed by atoms with Crippen molar-refractivity contribution in [2.24, 2.45) is 0 Å². The van der Waals surface area contributed by atoms with Gasteiger partial charge in [0.1, 0.15) is 0 Å². The molecule has 0 aromatic heterocycles. The fourth-order valence-corrected chi connectivity index (χ4v) is 2.16. The third-order valence-corrected chi connectivity index (χ3v) is 3.82. The van der Waals surface area contributed by atoms with Crippen molar-refractivity contribution in [2.75, 3.05) is 6.54 Å². The van der Waals surface area contributed by atoms with Crippen molar-refractivity contribution in [3.8, 4) is 0 Å². The van der Waals surface area contributed by atoms with E-state index in [-0.39, 0.29) is 0 Å². The summed E-state index contributed by atoms with van der Waals surface area (Å²) in [6.07, 6.45) is 2.37. The van der Waals surface area contributed by atoms with E-state index in [0.29, 0.717) is 12.4 Å². The summed E-state index contributed by atoms with van der Waals surface area (Å²) in [6, 6.07) is 0.